The second kappa shape index (κ2) is 15.9. The van der Waals surface area contributed by atoms with Crippen molar-refractivity contribution in [3.8, 4) is 0 Å². The molecule has 7 nitrogen and oxygen atoms in total. The van der Waals surface area contributed by atoms with Crippen LogP contribution in [-0.2, 0) is 20.9 Å². The van der Waals surface area contributed by atoms with Crippen molar-refractivity contribution in [1.82, 2.24) is 15.5 Å². The minimum absolute atomic E-state index is 0.0181. The van der Waals surface area contributed by atoms with E-state index in [2.05, 4.69) is 22.5 Å². The van der Waals surface area contributed by atoms with Gasteiger partial charge in [0.15, 0.2) is 5.96 Å². The summed E-state index contributed by atoms with van der Waals surface area (Å²) in [5.74, 6) is 0.658. The van der Waals surface area contributed by atoms with Gasteiger partial charge >= 0.3 is 0 Å². The number of carbonyl (C=O) groups is 1. The van der Waals surface area contributed by atoms with Gasteiger partial charge in [0, 0.05) is 33.8 Å². The first-order chi connectivity index (χ1) is 13.6. The van der Waals surface area contributed by atoms with E-state index in [4.69, 9.17) is 9.47 Å². The molecule has 0 aliphatic carbocycles. The number of rotatable bonds is 14. The molecule has 0 unspecified atom stereocenters. The minimum Gasteiger partial charge on any atom is -0.379 e. The number of amides is 1. The van der Waals surface area contributed by atoms with Gasteiger partial charge in [-0.2, -0.15) is 0 Å². The average Bonchev–Trinajstić information content (AvgIpc) is 2.70. The minimum atomic E-state index is -0.0181. The third-order valence-corrected chi connectivity index (χ3v) is 3.94. The molecule has 1 aromatic carbocycles. The highest BCUT2D eigenvalue weighted by atomic mass is 16.5. The molecule has 0 saturated carbocycles. The molecule has 0 saturated heterocycles. The number of guanidine groups is 1. The number of hydrogen-bond acceptors (Lipinski definition) is 4. The van der Waals surface area contributed by atoms with Crippen molar-refractivity contribution in [1.29, 1.82) is 0 Å². The summed E-state index contributed by atoms with van der Waals surface area (Å²) in [7, 11) is 3.47. The van der Waals surface area contributed by atoms with E-state index < -0.39 is 0 Å². The quantitative estimate of drug-likeness (QED) is 0.288. The fourth-order valence-corrected chi connectivity index (χ4v) is 2.21. The van der Waals surface area contributed by atoms with Gasteiger partial charge in [0.2, 0.25) is 5.91 Å². The fraction of sp³-hybridized carbons (Fsp3) is 0.619. The van der Waals surface area contributed by atoms with E-state index in [1.807, 2.05) is 30.3 Å². The number of nitrogens with zero attached hydrogens (tertiary/aromatic N) is 2. The maximum absolute atomic E-state index is 11.7. The van der Waals surface area contributed by atoms with Crippen molar-refractivity contribution in [3.05, 3.63) is 35.9 Å². The molecule has 0 aliphatic heterocycles. The highest BCUT2D eigenvalue weighted by molar-refractivity contribution is 5.84. The molecular formula is C21H36N4O3. The summed E-state index contributed by atoms with van der Waals surface area (Å²) in [5.41, 5.74) is 1.17. The topological polar surface area (TPSA) is 75.2 Å². The van der Waals surface area contributed by atoms with Crippen molar-refractivity contribution < 1.29 is 14.3 Å². The third kappa shape index (κ3) is 12.3. The van der Waals surface area contributed by atoms with Crippen LogP contribution < -0.4 is 10.6 Å². The van der Waals surface area contributed by atoms with Crippen LogP contribution in [0, 0.1) is 0 Å². The highest BCUT2D eigenvalue weighted by Crippen LogP contribution is 2.00. The van der Waals surface area contributed by atoms with E-state index >= 15 is 0 Å². The predicted octanol–water partition coefficient (Wildman–Crippen LogP) is 2.03. The summed E-state index contributed by atoms with van der Waals surface area (Å²) in [6, 6.07) is 10.1. The maximum Gasteiger partial charge on any atom is 0.243 e. The molecule has 158 valence electrons. The molecule has 1 amide bonds. The van der Waals surface area contributed by atoms with E-state index in [-0.39, 0.29) is 12.5 Å². The molecule has 1 rings (SSSR count). The van der Waals surface area contributed by atoms with Crippen molar-refractivity contribution in [3.63, 3.8) is 0 Å². The normalized spacial score (nSPS) is 11.3. The molecule has 0 aromatic heterocycles. The van der Waals surface area contributed by atoms with Gasteiger partial charge < -0.3 is 25.0 Å². The Kier molecular flexibility index (Phi) is 13.6. The van der Waals surface area contributed by atoms with Crippen LogP contribution in [0.4, 0.5) is 0 Å². The lowest BCUT2D eigenvalue weighted by Gasteiger charge is -2.13. The van der Waals surface area contributed by atoms with Crippen LogP contribution in [0.15, 0.2) is 35.3 Å². The van der Waals surface area contributed by atoms with Gasteiger partial charge in [-0.1, -0.05) is 43.7 Å². The van der Waals surface area contributed by atoms with Crippen LogP contribution in [0.25, 0.3) is 0 Å². The second-order valence-electron chi connectivity index (χ2n) is 6.66. The first-order valence-corrected chi connectivity index (χ1v) is 10.0. The Morgan fingerprint density at radius 3 is 2.36 bits per heavy atom. The number of likely N-dealkylation sites (N-methyl/N-ethyl adjacent to an activating group) is 1. The third-order valence-electron chi connectivity index (χ3n) is 3.94. The summed E-state index contributed by atoms with van der Waals surface area (Å²) in [6.07, 6.45) is 3.03. The summed E-state index contributed by atoms with van der Waals surface area (Å²) in [4.78, 5) is 17.6. The van der Waals surface area contributed by atoms with Gasteiger partial charge in [0.1, 0.15) is 6.54 Å². The number of unbranched alkanes of at least 4 members (excludes halogenated alkanes) is 1. The van der Waals surface area contributed by atoms with Gasteiger partial charge in [-0.25, -0.2) is 4.99 Å². The Hall–Kier alpha value is -2.12. The zero-order chi connectivity index (χ0) is 20.5. The SMILES string of the molecule is CCCCNC(=NCC(=O)N(C)C)NCCCOCCOCc1ccccc1. The number of benzene rings is 1. The van der Waals surface area contributed by atoms with Crippen molar-refractivity contribution in [2.45, 2.75) is 32.8 Å². The van der Waals surface area contributed by atoms with Crippen LogP contribution in [0.2, 0.25) is 0 Å². The summed E-state index contributed by atoms with van der Waals surface area (Å²) < 4.78 is 11.2. The van der Waals surface area contributed by atoms with Gasteiger partial charge in [0.05, 0.1) is 19.8 Å². The largest absolute Gasteiger partial charge is 0.379 e. The molecule has 2 N–H and O–H groups in total. The van der Waals surface area contributed by atoms with Crippen molar-refractivity contribution >= 4 is 11.9 Å². The van der Waals surface area contributed by atoms with Crippen LogP contribution >= 0.6 is 0 Å². The lowest BCUT2D eigenvalue weighted by Crippen LogP contribution is -2.39. The van der Waals surface area contributed by atoms with Gasteiger partial charge in [-0.15, -0.1) is 0 Å². The Bertz CT molecular complexity index is 550. The summed E-state index contributed by atoms with van der Waals surface area (Å²) in [6.45, 7) is 6.29. The summed E-state index contributed by atoms with van der Waals surface area (Å²) in [5, 5.41) is 6.51. The monoisotopic (exact) mass is 392 g/mol. The number of nitrogens with one attached hydrogen (secondary N) is 2. The molecular weight excluding hydrogens is 356 g/mol. The van der Waals surface area contributed by atoms with E-state index in [1.54, 1.807) is 19.0 Å². The van der Waals surface area contributed by atoms with Crippen LogP contribution in [0.5, 0.6) is 0 Å². The maximum atomic E-state index is 11.7. The zero-order valence-corrected chi connectivity index (χ0v) is 17.6. The Balaban J connectivity index is 2.11. The molecule has 7 heteroatoms. The molecule has 0 bridgehead atoms. The first kappa shape index (κ1) is 23.9. The average molecular weight is 393 g/mol. The number of aliphatic imine (C=N–C) groups is 1. The van der Waals surface area contributed by atoms with Gasteiger partial charge in [-0.05, 0) is 18.4 Å². The van der Waals surface area contributed by atoms with Crippen molar-refractivity contribution in [2.24, 2.45) is 4.99 Å². The van der Waals surface area contributed by atoms with E-state index in [0.717, 1.165) is 32.4 Å². The molecule has 0 radical (unpaired) electrons. The first-order valence-electron chi connectivity index (χ1n) is 10.0. The lowest BCUT2D eigenvalue weighted by atomic mass is 10.2. The molecule has 1 aromatic rings. The fourth-order valence-electron chi connectivity index (χ4n) is 2.21. The number of ether oxygens (including phenoxy) is 2. The number of hydrogen-bond donors (Lipinski definition) is 2. The molecule has 0 fully saturated rings. The van der Waals surface area contributed by atoms with Gasteiger partial charge in [0.25, 0.3) is 0 Å². The molecule has 28 heavy (non-hydrogen) atoms. The lowest BCUT2D eigenvalue weighted by molar-refractivity contribution is -0.127. The summed E-state index contributed by atoms with van der Waals surface area (Å²) >= 11 is 0. The molecule has 0 atom stereocenters. The molecule has 0 aliphatic rings. The molecule has 0 heterocycles. The van der Waals surface area contributed by atoms with Crippen LogP contribution in [-0.4, -0.2) is 70.3 Å². The van der Waals surface area contributed by atoms with E-state index in [1.165, 1.54) is 5.56 Å². The predicted molar refractivity (Wildman–Crippen MR) is 113 cm³/mol. The standard InChI is InChI=1S/C21H36N4O3/c1-4-5-12-22-21(24-17-20(26)25(2)3)23-13-9-14-27-15-16-28-18-19-10-7-6-8-11-19/h6-8,10-11H,4-5,9,12-18H2,1-3H3,(H2,22,23,24). The Labute approximate surface area is 169 Å². The van der Waals surface area contributed by atoms with E-state index in [0.29, 0.717) is 32.4 Å². The highest BCUT2D eigenvalue weighted by Gasteiger charge is 2.04. The molecule has 0 spiro atoms. The van der Waals surface area contributed by atoms with Crippen LogP contribution in [0.1, 0.15) is 31.7 Å². The zero-order valence-electron chi connectivity index (χ0n) is 17.6. The van der Waals surface area contributed by atoms with Crippen molar-refractivity contribution in [2.75, 3.05) is 53.6 Å². The Morgan fingerprint density at radius 2 is 1.68 bits per heavy atom. The Morgan fingerprint density at radius 1 is 1.00 bits per heavy atom. The smallest absolute Gasteiger partial charge is 0.243 e. The number of carbonyl (C=O) groups excluding carboxylic acids is 1. The van der Waals surface area contributed by atoms with Gasteiger partial charge in [-0.3, -0.25) is 4.79 Å². The second-order valence-corrected chi connectivity index (χ2v) is 6.66. The van der Waals surface area contributed by atoms with Crippen LogP contribution in [0.3, 0.4) is 0 Å². The van der Waals surface area contributed by atoms with E-state index in [9.17, 15) is 4.79 Å².